The number of aliphatic imine (C=N–C) groups is 3. The number of nitrogens with zero attached hydrogens (tertiary/aromatic N) is 6. The van der Waals surface area contributed by atoms with E-state index in [9.17, 15) is 9.59 Å². The predicted molar refractivity (Wildman–Crippen MR) is 115 cm³/mol. The molecule has 0 spiro atoms. The van der Waals surface area contributed by atoms with E-state index in [-0.39, 0.29) is 29.3 Å². The smallest absolute Gasteiger partial charge is 0.314 e. The van der Waals surface area contributed by atoms with Crippen LogP contribution in [0.5, 0.6) is 5.75 Å². The van der Waals surface area contributed by atoms with Crippen LogP contribution < -0.4 is 4.74 Å². The van der Waals surface area contributed by atoms with Gasteiger partial charge in [-0.2, -0.15) is 4.99 Å². The Morgan fingerprint density at radius 1 is 1.23 bits per heavy atom. The number of hydrogen-bond donors (Lipinski definition) is 0. The van der Waals surface area contributed by atoms with Crippen LogP contribution in [0.3, 0.4) is 0 Å². The lowest BCUT2D eigenvalue weighted by Crippen LogP contribution is -2.26. The molecule has 1 saturated carbocycles. The lowest BCUT2D eigenvalue weighted by molar-refractivity contribution is -0.145. The molecule has 0 aromatic heterocycles. The van der Waals surface area contributed by atoms with Crippen LogP contribution in [0.4, 0.5) is 5.69 Å². The van der Waals surface area contributed by atoms with E-state index >= 15 is 0 Å². The maximum absolute atomic E-state index is 12.3. The number of amidine groups is 2. The third-order valence-electron chi connectivity index (χ3n) is 4.96. The summed E-state index contributed by atoms with van der Waals surface area (Å²) in [5, 5.41) is 10.9. The number of rotatable bonds is 7. The van der Waals surface area contributed by atoms with E-state index in [0.29, 0.717) is 30.2 Å². The van der Waals surface area contributed by atoms with Crippen molar-refractivity contribution in [1.29, 1.82) is 0 Å². The molecule has 1 aliphatic carbocycles. The van der Waals surface area contributed by atoms with Gasteiger partial charge in [0.2, 0.25) is 11.5 Å². The van der Waals surface area contributed by atoms with E-state index in [1.165, 1.54) is 0 Å². The zero-order chi connectivity index (χ0) is 21.8. The van der Waals surface area contributed by atoms with Crippen molar-refractivity contribution in [2.75, 3.05) is 13.2 Å². The second-order valence-corrected chi connectivity index (χ2v) is 7.14. The summed E-state index contributed by atoms with van der Waals surface area (Å²) in [5.41, 5.74) is 1.95. The topological polar surface area (TPSA) is 127 Å². The van der Waals surface area contributed by atoms with Gasteiger partial charge in [0.15, 0.2) is 5.84 Å². The highest BCUT2D eigenvalue weighted by Crippen LogP contribution is 2.31. The van der Waals surface area contributed by atoms with Crippen LogP contribution in [0.15, 0.2) is 48.6 Å². The molecule has 2 aliphatic heterocycles. The van der Waals surface area contributed by atoms with Gasteiger partial charge in [-0.15, -0.1) is 10.2 Å². The highest BCUT2D eigenvalue weighted by Gasteiger charge is 2.31. The number of ether oxygens (including phenoxy) is 2. The van der Waals surface area contributed by atoms with Gasteiger partial charge in [-0.05, 0) is 56.0 Å². The van der Waals surface area contributed by atoms with E-state index in [2.05, 4.69) is 25.4 Å². The first kappa shape index (κ1) is 20.7. The van der Waals surface area contributed by atoms with Gasteiger partial charge in [0.05, 0.1) is 30.4 Å². The number of benzene rings is 1. The van der Waals surface area contributed by atoms with Gasteiger partial charge in [0.25, 0.3) is 0 Å². The molecule has 0 saturated heterocycles. The average molecular weight is 422 g/mol. The summed E-state index contributed by atoms with van der Waals surface area (Å²) in [4.78, 5) is 37.6. The molecule has 10 heteroatoms. The van der Waals surface area contributed by atoms with Gasteiger partial charge in [0, 0.05) is 5.71 Å². The zero-order valence-electron chi connectivity index (χ0n) is 17.4. The SMILES string of the molecule is CCCOc1ccc(N=C2CCCC2C(=O)OCC)cc1C1=NC(=O)C2=NN=NC2=N1. The predicted octanol–water partition coefficient (Wildman–Crippen LogP) is 3.42. The van der Waals surface area contributed by atoms with Crippen molar-refractivity contribution in [3.8, 4) is 5.75 Å². The summed E-state index contributed by atoms with van der Waals surface area (Å²) in [5.74, 6) is -0.292. The van der Waals surface area contributed by atoms with Crippen LogP contribution in [0.25, 0.3) is 0 Å². The Labute approximate surface area is 178 Å². The Hall–Kier alpha value is -3.56. The fraction of sp³-hybridized carbons (Fsp3) is 0.429. The molecule has 1 aromatic carbocycles. The number of fused-ring (bicyclic) bond motifs is 1. The molecule has 1 aromatic rings. The number of esters is 1. The maximum atomic E-state index is 12.3. The first-order chi connectivity index (χ1) is 15.1. The van der Waals surface area contributed by atoms with Gasteiger partial charge in [-0.1, -0.05) is 6.92 Å². The van der Waals surface area contributed by atoms with E-state index in [4.69, 9.17) is 14.5 Å². The zero-order valence-corrected chi connectivity index (χ0v) is 17.4. The summed E-state index contributed by atoms with van der Waals surface area (Å²) in [6.07, 6.45) is 3.16. The summed E-state index contributed by atoms with van der Waals surface area (Å²) in [6, 6.07) is 5.33. The lowest BCUT2D eigenvalue weighted by atomic mass is 10.1. The van der Waals surface area contributed by atoms with E-state index in [1.54, 1.807) is 19.1 Å². The molecule has 0 radical (unpaired) electrons. The summed E-state index contributed by atoms with van der Waals surface area (Å²) in [6.45, 7) is 4.63. The average Bonchev–Trinajstić information content (AvgIpc) is 3.42. The molecule has 1 unspecified atom stereocenters. The molecular weight excluding hydrogens is 400 g/mol. The molecule has 3 aliphatic rings. The second kappa shape index (κ2) is 9.07. The fourth-order valence-electron chi connectivity index (χ4n) is 3.53. The number of carbonyl (C=O) groups excluding carboxylic acids is 2. The van der Waals surface area contributed by atoms with Crippen molar-refractivity contribution in [1.82, 2.24) is 0 Å². The van der Waals surface area contributed by atoms with Gasteiger partial charge >= 0.3 is 11.9 Å². The number of carbonyl (C=O) groups is 2. The first-order valence-electron chi connectivity index (χ1n) is 10.3. The van der Waals surface area contributed by atoms with Crippen LogP contribution >= 0.6 is 0 Å². The lowest BCUT2D eigenvalue weighted by Gasteiger charge is -2.14. The van der Waals surface area contributed by atoms with Gasteiger partial charge < -0.3 is 9.47 Å². The van der Waals surface area contributed by atoms with Crippen molar-refractivity contribution in [3.63, 3.8) is 0 Å². The van der Waals surface area contributed by atoms with Crippen LogP contribution in [0.1, 0.15) is 45.1 Å². The summed E-state index contributed by atoms with van der Waals surface area (Å²) in [7, 11) is 0. The van der Waals surface area contributed by atoms with Gasteiger partial charge in [0.1, 0.15) is 5.75 Å². The third-order valence-corrected chi connectivity index (χ3v) is 4.96. The summed E-state index contributed by atoms with van der Waals surface area (Å²) < 4.78 is 11.0. The highest BCUT2D eigenvalue weighted by molar-refractivity contribution is 6.69. The second-order valence-electron chi connectivity index (χ2n) is 7.14. The van der Waals surface area contributed by atoms with Crippen molar-refractivity contribution in [2.45, 2.75) is 39.5 Å². The van der Waals surface area contributed by atoms with Gasteiger partial charge in [-0.3, -0.25) is 14.6 Å². The highest BCUT2D eigenvalue weighted by atomic mass is 16.5. The maximum Gasteiger partial charge on any atom is 0.314 e. The van der Waals surface area contributed by atoms with Crippen molar-refractivity contribution >= 4 is 40.7 Å². The van der Waals surface area contributed by atoms with Crippen molar-refractivity contribution in [3.05, 3.63) is 23.8 Å². The molecule has 0 bridgehead atoms. The molecule has 1 amide bonds. The van der Waals surface area contributed by atoms with E-state index in [1.807, 2.05) is 13.0 Å². The molecule has 1 fully saturated rings. The quantitative estimate of drug-likeness (QED) is 0.624. The van der Waals surface area contributed by atoms with Crippen LogP contribution in [0, 0.1) is 5.92 Å². The molecule has 31 heavy (non-hydrogen) atoms. The minimum absolute atomic E-state index is 0.0272. The van der Waals surface area contributed by atoms with Gasteiger partial charge in [-0.25, -0.2) is 4.99 Å². The molecule has 0 N–H and O–H groups in total. The minimum Gasteiger partial charge on any atom is -0.493 e. The molecule has 2 heterocycles. The Morgan fingerprint density at radius 3 is 2.90 bits per heavy atom. The minimum atomic E-state index is -0.554. The Balaban J connectivity index is 1.70. The fourth-order valence-corrected chi connectivity index (χ4v) is 3.53. The largest absolute Gasteiger partial charge is 0.493 e. The van der Waals surface area contributed by atoms with E-state index < -0.39 is 5.91 Å². The Morgan fingerprint density at radius 2 is 2.10 bits per heavy atom. The Bertz CT molecular complexity index is 1070. The molecule has 4 rings (SSSR count). The Kier molecular flexibility index (Phi) is 6.06. The molecule has 160 valence electrons. The monoisotopic (exact) mass is 422 g/mol. The molecule has 10 nitrogen and oxygen atoms in total. The van der Waals surface area contributed by atoms with Crippen LogP contribution in [0.2, 0.25) is 0 Å². The molecule has 1 atom stereocenters. The molecular formula is C21H22N6O4. The standard InChI is InChI=1S/C21H22N6O4/c1-3-10-31-16-9-8-12(22-15-7-5-6-13(15)21(29)30-4-2)11-14(16)18-23-19-17(20(28)24-18)25-27-26-19/h8-9,11,13H,3-7,10H2,1-2H3. The third kappa shape index (κ3) is 4.32. The normalized spacial score (nSPS) is 21.0. The van der Waals surface area contributed by atoms with E-state index in [0.717, 1.165) is 31.4 Å². The number of amides is 1. The van der Waals surface area contributed by atoms with Crippen molar-refractivity contribution < 1.29 is 19.1 Å². The summed E-state index contributed by atoms with van der Waals surface area (Å²) >= 11 is 0. The van der Waals surface area contributed by atoms with Crippen LogP contribution in [-0.2, 0) is 14.3 Å². The van der Waals surface area contributed by atoms with Crippen molar-refractivity contribution in [2.24, 2.45) is 36.3 Å². The van der Waals surface area contributed by atoms with Crippen LogP contribution in [-0.4, -0.2) is 48.2 Å². The number of hydrogen-bond acceptors (Lipinski definition) is 9. The first-order valence-corrected chi connectivity index (χ1v) is 10.3.